The van der Waals surface area contributed by atoms with Crippen LogP contribution >= 0.6 is 0 Å². The Balaban J connectivity index is 1.74. The van der Waals surface area contributed by atoms with Crippen LogP contribution in [0, 0.1) is 11.7 Å². The molecule has 156 valence electrons. The number of sulfone groups is 1. The highest BCUT2D eigenvalue weighted by atomic mass is 32.2. The van der Waals surface area contributed by atoms with Crippen molar-refractivity contribution in [3.8, 4) is 5.75 Å². The number of anilines is 2. The number of methoxy groups -OCH3 is 1. The molecule has 1 atom stereocenters. The average molecular weight is 421 g/mol. The number of hydrogen-bond acceptors (Lipinski definition) is 5. The average Bonchev–Trinajstić information content (AvgIpc) is 3.23. The summed E-state index contributed by atoms with van der Waals surface area (Å²) in [6.45, 7) is 3.12. The molecule has 2 aromatic rings. The molecular formula is C21H25FN2O4S. The summed E-state index contributed by atoms with van der Waals surface area (Å²) in [5.41, 5.74) is 0.731. The molecule has 1 fully saturated rings. The molecule has 0 radical (unpaired) electrons. The van der Waals surface area contributed by atoms with E-state index in [1.165, 1.54) is 32.2 Å². The zero-order chi connectivity index (χ0) is 21.0. The summed E-state index contributed by atoms with van der Waals surface area (Å²) in [6.07, 6.45) is 2.03. The Kier molecular flexibility index (Phi) is 6.42. The van der Waals surface area contributed by atoms with Crippen LogP contribution in [0.5, 0.6) is 5.75 Å². The van der Waals surface area contributed by atoms with E-state index in [-0.39, 0.29) is 16.3 Å². The smallest absolute Gasteiger partial charge is 0.228 e. The number of amides is 1. The zero-order valence-corrected chi connectivity index (χ0v) is 17.3. The van der Waals surface area contributed by atoms with Gasteiger partial charge in [0, 0.05) is 19.0 Å². The van der Waals surface area contributed by atoms with Crippen LogP contribution in [0.3, 0.4) is 0 Å². The number of carbonyl (C=O) groups is 1. The molecule has 2 aromatic carbocycles. The molecule has 0 saturated carbocycles. The predicted octanol–water partition coefficient (Wildman–Crippen LogP) is 3.48. The molecule has 1 heterocycles. The lowest BCUT2D eigenvalue weighted by atomic mass is 10.1. The molecule has 0 spiro atoms. The number of hydrogen-bond donors (Lipinski definition) is 1. The molecule has 1 unspecified atom stereocenters. The van der Waals surface area contributed by atoms with Gasteiger partial charge in [0.2, 0.25) is 5.91 Å². The zero-order valence-electron chi connectivity index (χ0n) is 16.5. The molecule has 0 aliphatic carbocycles. The third-order valence-electron chi connectivity index (χ3n) is 5.02. The molecule has 1 aliphatic rings. The molecule has 0 bridgehead atoms. The molecule has 1 amide bonds. The van der Waals surface area contributed by atoms with E-state index in [0.29, 0.717) is 11.4 Å². The van der Waals surface area contributed by atoms with E-state index in [9.17, 15) is 17.6 Å². The first-order chi connectivity index (χ1) is 13.8. The van der Waals surface area contributed by atoms with Gasteiger partial charge in [0.25, 0.3) is 0 Å². The van der Waals surface area contributed by atoms with Gasteiger partial charge in [-0.3, -0.25) is 4.79 Å². The summed E-state index contributed by atoms with van der Waals surface area (Å²) in [7, 11) is -2.18. The molecule has 1 aliphatic heterocycles. The molecule has 1 N–H and O–H groups in total. The van der Waals surface area contributed by atoms with E-state index in [1.54, 1.807) is 24.3 Å². The lowest BCUT2D eigenvalue weighted by Crippen LogP contribution is -2.29. The topological polar surface area (TPSA) is 75.7 Å². The fourth-order valence-electron chi connectivity index (χ4n) is 3.39. The second kappa shape index (κ2) is 8.82. The van der Waals surface area contributed by atoms with Crippen molar-refractivity contribution in [3.05, 3.63) is 48.3 Å². The van der Waals surface area contributed by atoms with Crippen LogP contribution < -0.4 is 15.0 Å². The van der Waals surface area contributed by atoms with E-state index >= 15 is 0 Å². The molecule has 1 saturated heterocycles. The van der Waals surface area contributed by atoms with Crippen molar-refractivity contribution in [2.75, 3.05) is 36.2 Å². The lowest BCUT2D eigenvalue weighted by molar-refractivity contribution is -0.118. The second-order valence-electron chi connectivity index (χ2n) is 7.18. The Hall–Kier alpha value is -2.61. The van der Waals surface area contributed by atoms with Gasteiger partial charge in [0.1, 0.15) is 17.3 Å². The molecule has 6 nitrogen and oxygen atoms in total. The van der Waals surface area contributed by atoms with Crippen LogP contribution in [0.4, 0.5) is 15.8 Å². The third-order valence-corrected chi connectivity index (χ3v) is 6.95. The maximum Gasteiger partial charge on any atom is 0.228 e. The van der Waals surface area contributed by atoms with Crippen LogP contribution in [0.2, 0.25) is 0 Å². The number of nitrogens with one attached hydrogen (secondary N) is 1. The van der Waals surface area contributed by atoms with E-state index in [0.717, 1.165) is 25.9 Å². The number of benzene rings is 2. The maximum absolute atomic E-state index is 14.4. The Bertz CT molecular complexity index is 971. The number of carbonyl (C=O) groups excluding carboxylic acids is 1. The summed E-state index contributed by atoms with van der Waals surface area (Å²) >= 11 is 0. The normalized spacial score (nSPS) is 15.2. The first-order valence-electron chi connectivity index (χ1n) is 9.53. The van der Waals surface area contributed by atoms with Crippen LogP contribution in [0.1, 0.15) is 19.8 Å². The number of ether oxygens (including phenoxy) is 1. The minimum Gasteiger partial charge on any atom is -0.497 e. The highest BCUT2D eigenvalue weighted by molar-refractivity contribution is 7.91. The van der Waals surface area contributed by atoms with E-state index < -0.39 is 27.5 Å². The van der Waals surface area contributed by atoms with Crippen LogP contribution in [0.25, 0.3) is 0 Å². The highest BCUT2D eigenvalue weighted by Gasteiger charge is 2.26. The fraction of sp³-hybridized carbons (Fsp3) is 0.381. The van der Waals surface area contributed by atoms with Gasteiger partial charge in [0.15, 0.2) is 9.84 Å². The van der Waals surface area contributed by atoms with Gasteiger partial charge < -0.3 is 15.0 Å². The van der Waals surface area contributed by atoms with E-state index in [2.05, 4.69) is 5.32 Å². The summed E-state index contributed by atoms with van der Waals surface area (Å²) < 4.78 is 44.7. The Labute approximate surface area is 170 Å². The van der Waals surface area contributed by atoms with Gasteiger partial charge in [-0.25, -0.2) is 12.8 Å². The Morgan fingerprint density at radius 1 is 1.17 bits per heavy atom. The maximum atomic E-state index is 14.4. The van der Waals surface area contributed by atoms with Crippen molar-refractivity contribution < 1.29 is 22.3 Å². The number of nitrogens with zero attached hydrogens (tertiary/aromatic N) is 1. The number of para-hydroxylation sites is 1. The summed E-state index contributed by atoms with van der Waals surface area (Å²) in [5.74, 6) is -1.75. The monoisotopic (exact) mass is 420 g/mol. The van der Waals surface area contributed by atoms with Crippen molar-refractivity contribution in [3.63, 3.8) is 0 Å². The predicted molar refractivity (Wildman–Crippen MR) is 111 cm³/mol. The van der Waals surface area contributed by atoms with Crippen molar-refractivity contribution in [2.45, 2.75) is 24.7 Å². The molecule has 0 aromatic heterocycles. The van der Waals surface area contributed by atoms with Gasteiger partial charge in [-0.1, -0.05) is 13.0 Å². The van der Waals surface area contributed by atoms with Crippen LogP contribution in [0.15, 0.2) is 47.4 Å². The quantitative estimate of drug-likeness (QED) is 0.742. The van der Waals surface area contributed by atoms with Crippen molar-refractivity contribution >= 4 is 27.1 Å². The molecular weight excluding hydrogens is 395 g/mol. The Morgan fingerprint density at radius 2 is 1.83 bits per heavy atom. The minimum absolute atomic E-state index is 0.105. The summed E-state index contributed by atoms with van der Waals surface area (Å²) in [4.78, 5) is 14.8. The summed E-state index contributed by atoms with van der Waals surface area (Å²) in [6, 6.07) is 10.7. The van der Waals surface area contributed by atoms with Gasteiger partial charge in [-0.15, -0.1) is 0 Å². The van der Waals surface area contributed by atoms with Gasteiger partial charge >= 0.3 is 0 Å². The molecule has 3 rings (SSSR count). The van der Waals surface area contributed by atoms with Gasteiger partial charge in [-0.2, -0.15) is 0 Å². The lowest BCUT2D eigenvalue weighted by Gasteiger charge is -2.23. The molecule has 8 heteroatoms. The third kappa shape index (κ3) is 4.87. The van der Waals surface area contributed by atoms with Crippen molar-refractivity contribution in [1.29, 1.82) is 0 Å². The Morgan fingerprint density at radius 3 is 2.45 bits per heavy atom. The summed E-state index contributed by atoms with van der Waals surface area (Å²) in [5, 5.41) is 2.61. The first-order valence-corrected chi connectivity index (χ1v) is 11.2. The largest absolute Gasteiger partial charge is 0.497 e. The first kappa shape index (κ1) is 21.1. The highest BCUT2D eigenvalue weighted by Crippen LogP contribution is 2.31. The number of rotatable bonds is 7. The molecule has 29 heavy (non-hydrogen) atoms. The minimum atomic E-state index is -3.68. The fourth-order valence-corrected chi connectivity index (χ4v) is 4.94. The second-order valence-corrected chi connectivity index (χ2v) is 9.21. The standard InChI is InChI=1S/C21H25FN2O4S/c1-15(14-29(26,27)17-10-8-16(28-2)9-11-17)21(25)23-20-18(22)6-5-7-19(20)24-12-3-4-13-24/h5-11,15H,3-4,12-14H2,1-2H3,(H,23,25). The van der Waals surface area contributed by atoms with Crippen LogP contribution in [-0.4, -0.2) is 40.3 Å². The van der Waals surface area contributed by atoms with Crippen LogP contribution in [-0.2, 0) is 14.6 Å². The van der Waals surface area contributed by atoms with Crippen molar-refractivity contribution in [1.82, 2.24) is 0 Å². The van der Waals surface area contributed by atoms with Gasteiger partial charge in [0.05, 0.1) is 23.4 Å². The van der Waals surface area contributed by atoms with E-state index in [1.807, 2.05) is 4.90 Å². The van der Waals surface area contributed by atoms with Crippen molar-refractivity contribution in [2.24, 2.45) is 5.92 Å². The SMILES string of the molecule is COc1ccc(S(=O)(=O)CC(C)C(=O)Nc2c(F)cccc2N2CCCC2)cc1. The van der Waals surface area contributed by atoms with Gasteiger partial charge in [-0.05, 0) is 49.2 Å². The number of halogens is 1. The van der Waals surface area contributed by atoms with E-state index in [4.69, 9.17) is 4.74 Å².